The van der Waals surface area contributed by atoms with Gasteiger partial charge >= 0.3 is 0 Å². The van der Waals surface area contributed by atoms with Gasteiger partial charge in [-0.15, -0.1) is 11.3 Å². The van der Waals surface area contributed by atoms with Gasteiger partial charge in [-0.05, 0) is 31.2 Å². The van der Waals surface area contributed by atoms with Gasteiger partial charge in [-0.25, -0.2) is 0 Å². The Morgan fingerprint density at radius 3 is 2.64 bits per heavy atom. The molecule has 0 bridgehead atoms. The van der Waals surface area contributed by atoms with E-state index in [-0.39, 0.29) is 0 Å². The third-order valence-electron chi connectivity index (χ3n) is 2.29. The van der Waals surface area contributed by atoms with Crippen LogP contribution in [0.25, 0.3) is 0 Å². The fourth-order valence-electron chi connectivity index (χ4n) is 1.50. The van der Waals surface area contributed by atoms with Crippen molar-refractivity contribution in [2.75, 3.05) is 0 Å². The topological polar surface area (TPSA) is 25.2 Å². The first-order chi connectivity index (χ1) is 6.68. The van der Waals surface area contributed by atoms with Gasteiger partial charge in [-0.1, -0.05) is 0 Å². The zero-order valence-electron chi connectivity index (χ0n) is 8.27. The van der Waals surface area contributed by atoms with Gasteiger partial charge in [0.15, 0.2) is 0 Å². The van der Waals surface area contributed by atoms with Crippen LogP contribution in [-0.4, -0.2) is 9.67 Å². The van der Waals surface area contributed by atoms with Crippen molar-refractivity contribution in [2.24, 2.45) is 7.05 Å². The fraction of sp³-hybridized carbons (Fsp3) is 0.273. The molecule has 1 N–H and O–H groups in total. The van der Waals surface area contributed by atoms with Crippen molar-refractivity contribution in [3.05, 3.63) is 45.9 Å². The van der Waals surface area contributed by atoms with E-state index in [4.69, 9.17) is 0 Å². The molecule has 0 saturated heterocycles. The maximum atomic E-state index is 10.1. The molecule has 0 amide bonds. The quantitative estimate of drug-likeness (QED) is 0.804. The van der Waals surface area contributed by atoms with Crippen LogP contribution < -0.4 is 0 Å². The predicted octanol–water partition coefficient (Wildman–Crippen LogP) is 2.48. The largest absolute Gasteiger partial charge is 0.381 e. The molecule has 14 heavy (non-hydrogen) atoms. The first-order valence-corrected chi connectivity index (χ1v) is 5.36. The molecular weight excluding hydrogens is 194 g/mol. The first-order valence-electron chi connectivity index (χ1n) is 4.54. The Labute approximate surface area is 87.4 Å². The van der Waals surface area contributed by atoms with Crippen LogP contribution >= 0.6 is 11.3 Å². The molecule has 2 aromatic heterocycles. The van der Waals surface area contributed by atoms with Crippen molar-refractivity contribution in [1.82, 2.24) is 4.57 Å². The van der Waals surface area contributed by atoms with Crippen LogP contribution in [0.1, 0.15) is 21.6 Å². The van der Waals surface area contributed by atoms with Crippen molar-refractivity contribution in [3.8, 4) is 0 Å². The summed E-state index contributed by atoms with van der Waals surface area (Å²) in [6, 6.07) is 7.91. The molecule has 0 aliphatic heterocycles. The number of aliphatic hydroxyl groups is 1. The van der Waals surface area contributed by atoms with E-state index in [0.29, 0.717) is 0 Å². The van der Waals surface area contributed by atoms with Crippen LogP contribution in [-0.2, 0) is 7.05 Å². The molecule has 2 nitrogen and oxygen atoms in total. The first kappa shape index (κ1) is 9.49. The molecule has 0 spiro atoms. The number of thiophene rings is 1. The second kappa shape index (κ2) is 3.59. The van der Waals surface area contributed by atoms with Crippen molar-refractivity contribution in [1.29, 1.82) is 0 Å². The summed E-state index contributed by atoms with van der Waals surface area (Å²) in [5, 5.41) is 10.1. The molecule has 0 aliphatic rings. The standard InChI is InChI=1S/C11H13NOS/c1-8-5-6-10(14-8)11(13)9-4-3-7-12(9)2/h3-7,11,13H,1-2H3/t11-/m1/s1. The van der Waals surface area contributed by atoms with Gasteiger partial charge < -0.3 is 9.67 Å². The van der Waals surface area contributed by atoms with Gasteiger partial charge in [-0.3, -0.25) is 0 Å². The molecule has 0 aromatic carbocycles. The van der Waals surface area contributed by atoms with Crippen LogP contribution in [0.15, 0.2) is 30.5 Å². The molecule has 0 unspecified atom stereocenters. The number of hydrogen-bond acceptors (Lipinski definition) is 2. The fourth-order valence-corrected chi connectivity index (χ4v) is 2.38. The number of aromatic nitrogens is 1. The lowest BCUT2D eigenvalue weighted by Crippen LogP contribution is -2.02. The summed E-state index contributed by atoms with van der Waals surface area (Å²) in [4.78, 5) is 2.23. The number of hydrogen-bond donors (Lipinski definition) is 1. The predicted molar refractivity (Wildman–Crippen MR) is 58.5 cm³/mol. The normalized spacial score (nSPS) is 13.1. The van der Waals surface area contributed by atoms with Crippen LogP contribution in [0.5, 0.6) is 0 Å². The molecule has 2 heterocycles. The van der Waals surface area contributed by atoms with Gasteiger partial charge in [0, 0.05) is 23.0 Å². The average molecular weight is 207 g/mol. The summed E-state index contributed by atoms with van der Waals surface area (Å²) in [7, 11) is 1.94. The molecule has 2 aromatic rings. The van der Waals surface area contributed by atoms with Gasteiger partial charge in [0.25, 0.3) is 0 Å². The summed E-state index contributed by atoms with van der Waals surface area (Å²) in [6.07, 6.45) is 1.45. The Hall–Kier alpha value is -1.06. The highest BCUT2D eigenvalue weighted by atomic mass is 32.1. The van der Waals surface area contributed by atoms with E-state index >= 15 is 0 Å². The SMILES string of the molecule is Cc1ccc([C@H](O)c2cccn2C)s1. The van der Waals surface area contributed by atoms with Crippen molar-refractivity contribution in [2.45, 2.75) is 13.0 Å². The molecule has 74 valence electrons. The highest BCUT2D eigenvalue weighted by molar-refractivity contribution is 7.12. The van der Waals surface area contributed by atoms with E-state index in [0.717, 1.165) is 10.6 Å². The lowest BCUT2D eigenvalue weighted by molar-refractivity contribution is 0.215. The summed E-state index contributed by atoms with van der Waals surface area (Å²) >= 11 is 1.64. The molecule has 0 fully saturated rings. The molecule has 0 aliphatic carbocycles. The van der Waals surface area contributed by atoms with Crippen molar-refractivity contribution >= 4 is 11.3 Å². The highest BCUT2D eigenvalue weighted by Crippen LogP contribution is 2.27. The van der Waals surface area contributed by atoms with E-state index in [1.54, 1.807) is 11.3 Å². The van der Waals surface area contributed by atoms with Crippen LogP contribution in [0.3, 0.4) is 0 Å². The van der Waals surface area contributed by atoms with Gasteiger partial charge in [0.1, 0.15) is 6.10 Å². The van der Waals surface area contributed by atoms with Gasteiger partial charge in [-0.2, -0.15) is 0 Å². The summed E-state index contributed by atoms with van der Waals surface area (Å²) in [5.74, 6) is 0. The third-order valence-corrected chi connectivity index (χ3v) is 3.35. The molecule has 0 radical (unpaired) electrons. The Morgan fingerprint density at radius 2 is 2.14 bits per heavy atom. The second-order valence-electron chi connectivity index (χ2n) is 3.39. The lowest BCUT2D eigenvalue weighted by atomic mass is 10.2. The van der Waals surface area contributed by atoms with Crippen molar-refractivity contribution in [3.63, 3.8) is 0 Å². The summed E-state index contributed by atoms with van der Waals surface area (Å²) in [5.41, 5.74) is 0.937. The number of aryl methyl sites for hydroxylation is 2. The molecular formula is C11H13NOS. The van der Waals surface area contributed by atoms with Crippen molar-refractivity contribution < 1.29 is 5.11 Å². The van der Waals surface area contributed by atoms with E-state index in [1.165, 1.54) is 4.88 Å². The zero-order chi connectivity index (χ0) is 10.1. The van der Waals surface area contributed by atoms with E-state index in [1.807, 2.05) is 49.0 Å². The third kappa shape index (κ3) is 1.61. The summed E-state index contributed by atoms with van der Waals surface area (Å²) in [6.45, 7) is 2.05. The monoisotopic (exact) mass is 207 g/mol. The van der Waals surface area contributed by atoms with Crippen LogP contribution in [0, 0.1) is 6.92 Å². The summed E-state index contributed by atoms with van der Waals surface area (Å²) < 4.78 is 1.94. The van der Waals surface area contributed by atoms with Crippen LogP contribution in [0.4, 0.5) is 0 Å². The molecule has 1 atom stereocenters. The van der Waals surface area contributed by atoms with E-state index in [2.05, 4.69) is 0 Å². The van der Waals surface area contributed by atoms with E-state index in [9.17, 15) is 5.11 Å². The highest BCUT2D eigenvalue weighted by Gasteiger charge is 2.14. The number of nitrogens with zero attached hydrogens (tertiary/aromatic N) is 1. The maximum absolute atomic E-state index is 10.1. The smallest absolute Gasteiger partial charge is 0.128 e. The Balaban J connectivity index is 2.33. The molecule has 3 heteroatoms. The number of aliphatic hydroxyl groups excluding tert-OH is 1. The van der Waals surface area contributed by atoms with Gasteiger partial charge in [0.2, 0.25) is 0 Å². The minimum absolute atomic E-state index is 0.492. The molecule has 0 saturated carbocycles. The van der Waals surface area contributed by atoms with E-state index < -0.39 is 6.10 Å². The Bertz CT molecular complexity index is 430. The average Bonchev–Trinajstić information content (AvgIpc) is 2.73. The Kier molecular flexibility index (Phi) is 2.44. The minimum atomic E-state index is -0.492. The lowest BCUT2D eigenvalue weighted by Gasteiger charge is -2.09. The second-order valence-corrected chi connectivity index (χ2v) is 4.71. The Morgan fingerprint density at radius 1 is 1.36 bits per heavy atom. The maximum Gasteiger partial charge on any atom is 0.128 e. The zero-order valence-corrected chi connectivity index (χ0v) is 9.08. The van der Waals surface area contributed by atoms with Crippen LogP contribution in [0.2, 0.25) is 0 Å². The minimum Gasteiger partial charge on any atom is -0.381 e. The number of rotatable bonds is 2. The molecule has 2 rings (SSSR count). The van der Waals surface area contributed by atoms with Gasteiger partial charge in [0.05, 0.1) is 5.69 Å².